The molecule has 134 valence electrons. The summed E-state index contributed by atoms with van der Waals surface area (Å²) >= 11 is 0. The van der Waals surface area contributed by atoms with Gasteiger partial charge < -0.3 is 9.47 Å². The number of nitrogens with zero attached hydrogens (tertiary/aromatic N) is 2. The highest BCUT2D eigenvalue weighted by Gasteiger charge is 2.29. The number of hydrogen-bond donors (Lipinski definition) is 0. The van der Waals surface area contributed by atoms with Crippen LogP contribution in [-0.2, 0) is 4.79 Å². The maximum absolute atomic E-state index is 12.9. The Morgan fingerprint density at radius 2 is 1.81 bits per heavy atom. The molecule has 2 aromatic carbocycles. The van der Waals surface area contributed by atoms with Gasteiger partial charge in [0.15, 0.2) is 11.5 Å². The van der Waals surface area contributed by atoms with Crippen molar-refractivity contribution >= 4 is 23.4 Å². The molecule has 26 heavy (non-hydrogen) atoms. The van der Waals surface area contributed by atoms with Crippen LogP contribution in [0.3, 0.4) is 0 Å². The van der Waals surface area contributed by atoms with Crippen LogP contribution in [0.15, 0.2) is 59.2 Å². The third kappa shape index (κ3) is 3.47. The quantitative estimate of drug-likeness (QED) is 0.756. The molecule has 0 aromatic heterocycles. The molecule has 3 rings (SSSR count). The van der Waals surface area contributed by atoms with Gasteiger partial charge in [-0.25, -0.2) is 0 Å². The molecule has 0 N–H and O–H groups in total. The van der Waals surface area contributed by atoms with Crippen LogP contribution >= 0.6 is 0 Å². The molecule has 1 heterocycles. The number of benzene rings is 2. The summed E-state index contributed by atoms with van der Waals surface area (Å²) in [5.74, 6) is 1.09. The fourth-order valence-electron chi connectivity index (χ4n) is 2.75. The van der Waals surface area contributed by atoms with Gasteiger partial charge >= 0.3 is 0 Å². The van der Waals surface area contributed by atoms with Gasteiger partial charge in [0.2, 0.25) is 0 Å². The van der Waals surface area contributed by atoms with Gasteiger partial charge in [-0.05, 0) is 45.0 Å². The van der Waals surface area contributed by atoms with Gasteiger partial charge in [-0.2, -0.15) is 10.1 Å². The topological polar surface area (TPSA) is 51.1 Å². The van der Waals surface area contributed by atoms with Gasteiger partial charge in [-0.15, -0.1) is 0 Å². The monoisotopic (exact) mass is 350 g/mol. The van der Waals surface area contributed by atoms with Gasteiger partial charge in [0, 0.05) is 5.56 Å². The molecule has 2 aromatic rings. The van der Waals surface area contributed by atoms with Crippen LogP contribution in [-0.4, -0.2) is 24.8 Å². The van der Waals surface area contributed by atoms with Crippen molar-refractivity contribution in [1.29, 1.82) is 0 Å². The molecule has 0 spiro atoms. The summed E-state index contributed by atoms with van der Waals surface area (Å²) in [6.45, 7) is 5.73. The van der Waals surface area contributed by atoms with E-state index in [1.165, 1.54) is 5.01 Å². The van der Waals surface area contributed by atoms with Crippen molar-refractivity contribution in [3.05, 3.63) is 59.7 Å². The van der Waals surface area contributed by atoms with Gasteiger partial charge in [0.25, 0.3) is 5.91 Å². The molecule has 0 atom stereocenters. The fraction of sp³-hybridized carbons (Fsp3) is 0.238. The number of hydrazone groups is 1. The summed E-state index contributed by atoms with van der Waals surface area (Å²) in [6, 6.07) is 15.0. The van der Waals surface area contributed by atoms with E-state index in [9.17, 15) is 4.79 Å². The molecule has 5 heteroatoms. The van der Waals surface area contributed by atoms with Crippen molar-refractivity contribution in [2.75, 3.05) is 12.1 Å². The molecule has 0 aliphatic carbocycles. The second-order valence-corrected chi connectivity index (χ2v) is 6.24. The molecule has 1 aliphatic rings. The Labute approximate surface area is 153 Å². The normalized spacial score (nSPS) is 15.6. The van der Waals surface area contributed by atoms with E-state index in [4.69, 9.17) is 9.47 Å². The lowest BCUT2D eigenvalue weighted by Crippen LogP contribution is -2.21. The number of ether oxygens (including phenoxy) is 2. The molecule has 5 nitrogen and oxygen atoms in total. The Kier molecular flexibility index (Phi) is 5.07. The first-order valence-corrected chi connectivity index (χ1v) is 8.51. The Balaban J connectivity index is 2.01. The molecule has 0 unspecified atom stereocenters. The van der Waals surface area contributed by atoms with Crippen LogP contribution in [0.2, 0.25) is 0 Å². The number of amides is 1. The van der Waals surface area contributed by atoms with Crippen LogP contribution in [0.25, 0.3) is 6.08 Å². The average molecular weight is 350 g/mol. The first kappa shape index (κ1) is 17.7. The van der Waals surface area contributed by atoms with Crippen molar-refractivity contribution in [2.45, 2.75) is 26.9 Å². The molecule has 0 bridgehead atoms. The molecule has 0 saturated carbocycles. The first-order valence-electron chi connectivity index (χ1n) is 8.51. The lowest BCUT2D eigenvalue weighted by molar-refractivity contribution is -0.114. The predicted molar refractivity (Wildman–Crippen MR) is 104 cm³/mol. The highest BCUT2D eigenvalue weighted by atomic mass is 16.5. The molecular weight excluding hydrogens is 328 g/mol. The average Bonchev–Trinajstić information content (AvgIpc) is 2.91. The number of rotatable bonds is 5. The Morgan fingerprint density at radius 1 is 1.08 bits per heavy atom. The zero-order valence-electron chi connectivity index (χ0n) is 15.4. The summed E-state index contributed by atoms with van der Waals surface area (Å²) in [7, 11) is 1.60. The van der Waals surface area contributed by atoms with Gasteiger partial charge in [-0.3, -0.25) is 4.79 Å². The van der Waals surface area contributed by atoms with E-state index in [0.717, 1.165) is 11.3 Å². The number of anilines is 1. The van der Waals surface area contributed by atoms with Gasteiger partial charge in [-0.1, -0.05) is 30.3 Å². The smallest absolute Gasteiger partial charge is 0.280 e. The second kappa shape index (κ2) is 7.44. The maximum Gasteiger partial charge on any atom is 0.280 e. The van der Waals surface area contributed by atoms with Crippen molar-refractivity contribution in [2.24, 2.45) is 5.10 Å². The number of methoxy groups -OCH3 is 1. The van der Waals surface area contributed by atoms with E-state index in [0.29, 0.717) is 22.8 Å². The third-order valence-electron chi connectivity index (χ3n) is 3.95. The van der Waals surface area contributed by atoms with Gasteiger partial charge in [0.1, 0.15) is 0 Å². The van der Waals surface area contributed by atoms with E-state index in [1.807, 2.05) is 75.4 Å². The minimum atomic E-state index is -0.160. The number of carbonyl (C=O) groups is 1. The molecule has 0 saturated heterocycles. The molecular formula is C21H22N2O3. The highest BCUT2D eigenvalue weighted by Crippen LogP contribution is 2.34. The lowest BCUT2D eigenvalue weighted by Gasteiger charge is -2.16. The van der Waals surface area contributed by atoms with E-state index < -0.39 is 0 Å². The van der Waals surface area contributed by atoms with E-state index in [-0.39, 0.29) is 12.0 Å². The standard InChI is InChI=1S/C21H22N2O3/c1-14(2)26-20-16(9-8-12-19(20)25-4)13-18-15(3)22-23(21(18)24)17-10-6-5-7-11-17/h5-14H,1-4H3/b18-13-. The van der Waals surface area contributed by atoms with Crippen molar-refractivity contribution in [1.82, 2.24) is 0 Å². The van der Waals surface area contributed by atoms with Crippen molar-refractivity contribution < 1.29 is 14.3 Å². The molecule has 1 aliphatic heterocycles. The van der Waals surface area contributed by atoms with E-state index >= 15 is 0 Å². The van der Waals surface area contributed by atoms with Crippen molar-refractivity contribution in [3.63, 3.8) is 0 Å². The van der Waals surface area contributed by atoms with Crippen molar-refractivity contribution in [3.8, 4) is 11.5 Å². The van der Waals surface area contributed by atoms with E-state index in [2.05, 4.69) is 5.10 Å². The summed E-state index contributed by atoms with van der Waals surface area (Å²) in [5.41, 5.74) is 2.73. The number of carbonyl (C=O) groups excluding carboxylic acids is 1. The summed E-state index contributed by atoms with van der Waals surface area (Å²) < 4.78 is 11.3. The Bertz CT molecular complexity index is 870. The predicted octanol–water partition coefficient (Wildman–Crippen LogP) is 4.29. The van der Waals surface area contributed by atoms with Crippen LogP contribution < -0.4 is 14.5 Å². The van der Waals surface area contributed by atoms with Crippen LogP contribution in [0.4, 0.5) is 5.69 Å². The summed E-state index contributed by atoms with van der Waals surface area (Å²) in [6.07, 6.45) is 1.79. The summed E-state index contributed by atoms with van der Waals surface area (Å²) in [4.78, 5) is 12.9. The van der Waals surface area contributed by atoms with Crippen LogP contribution in [0.5, 0.6) is 11.5 Å². The number of para-hydroxylation sites is 2. The number of hydrogen-bond acceptors (Lipinski definition) is 4. The SMILES string of the molecule is COc1cccc(/C=C2\C(=O)N(c3ccccc3)N=C2C)c1OC(C)C. The summed E-state index contributed by atoms with van der Waals surface area (Å²) in [5, 5.41) is 5.83. The van der Waals surface area contributed by atoms with Crippen LogP contribution in [0.1, 0.15) is 26.3 Å². The minimum Gasteiger partial charge on any atom is -0.493 e. The molecule has 0 fully saturated rings. The zero-order chi connectivity index (χ0) is 18.7. The Hall–Kier alpha value is -3.08. The van der Waals surface area contributed by atoms with Crippen LogP contribution in [0, 0.1) is 0 Å². The highest BCUT2D eigenvalue weighted by molar-refractivity contribution is 6.32. The largest absolute Gasteiger partial charge is 0.493 e. The maximum atomic E-state index is 12.9. The lowest BCUT2D eigenvalue weighted by atomic mass is 10.1. The minimum absolute atomic E-state index is 0.0155. The zero-order valence-corrected chi connectivity index (χ0v) is 15.4. The Morgan fingerprint density at radius 3 is 2.46 bits per heavy atom. The van der Waals surface area contributed by atoms with Gasteiger partial charge in [0.05, 0.1) is 30.2 Å². The molecule has 1 amide bonds. The first-order chi connectivity index (χ1) is 12.5. The molecule has 0 radical (unpaired) electrons. The fourth-order valence-corrected chi connectivity index (χ4v) is 2.75. The van der Waals surface area contributed by atoms with E-state index in [1.54, 1.807) is 7.11 Å². The third-order valence-corrected chi connectivity index (χ3v) is 3.95. The second-order valence-electron chi connectivity index (χ2n) is 6.24.